The summed E-state index contributed by atoms with van der Waals surface area (Å²) in [6.07, 6.45) is 3.95. The molecule has 13 heteroatoms. The molecule has 12 nitrogen and oxygen atoms in total. The smallest absolute Gasteiger partial charge is 0.262 e. The highest BCUT2D eigenvalue weighted by atomic mass is 19.1. The molecule has 0 bridgehead atoms. The summed E-state index contributed by atoms with van der Waals surface area (Å²) in [5, 5.41) is 5.07. The van der Waals surface area contributed by atoms with Crippen LogP contribution in [0.25, 0.3) is 11.1 Å². The van der Waals surface area contributed by atoms with Gasteiger partial charge in [0.2, 0.25) is 11.8 Å². The highest BCUT2D eigenvalue weighted by molar-refractivity contribution is 6.37. The van der Waals surface area contributed by atoms with E-state index >= 15 is 0 Å². The van der Waals surface area contributed by atoms with Crippen molar-refractivity contribution in [3.05, 3.63) is 81.4 Å². The Morgan fingerprint density at radius 1 is 0.863 bits per heavy atom. The fourth-order valence-corrected chi connectivity index (χ4v) is 9.10. The first kappa shape index (κ1) is 31.4. The lowest BCUT2D eigenvalue weighted by atomic mass is 9.77. The van der Waals surface area contributed by atoms with E-state index in [1.165, 1.54) is 12.1 Å². The van der Waals surface area contributed by atoms with Crippen LogP contribution < -0.4 is 15.5 Å². The lowest BCUT2D eigenvalue weighted by Crippen LogP contribution is -2.54. The number of likely N-dealkylation sites (tertiary alicyclic amines) is 1. The van der Waals surface area contributed by atoms with E-state index in [9.17, 15) is 33.2 Å². The number of benzene rings is 2. The first-order valence-corrected chi connectivity index (χ1v) is 17.5. The Kier molecular flexibility index (Phi) is 6.90. The summed E-state index contributed by atoms with van der Waals surface area (Å²) in [7, 11) is 0. The van der Waals surface area contributed by atoms with Gasteiger partial charge < -0.3 is 20.1 Å². The third kappa shape index (κ3) is 4.77. The number of hydrogen-bond donors (Lipinski definition) is 3. The number of fused-ring (bicyclic) bond motifs is 3. The van der Waals surface area contributed by atoms with Crippen molar-refractivity contribution in [3.8, 4) is 0 Å². The van der Waals surface area contributed by atoms with Gasteiger partial charge in [0.25, 0.3) is 23.6 Å². The molecule has 0 radical (unpaired) electrons. The van der Waals surface area contributed by atoms with Crippen LogP contribution >= 0.6 is 0 Å². The van der Waals surface area contributed by atoms with Crippen molar-refractivity contribution in [1.29, 1.82) is 0 Å². The van der Waals surface area contributed by atoms with Crippen molar-refractivity contribution in [2.75, 3.05) is 36.4 Å². The molecule has 51 heavy (non-hydrogen) atoms. The Hall–Kier alpha value is -5.59. The van der Waals surface area contributed by atoms with Gasteiger partial charge in [-0.1, -0.05) is 0 Å². The molecule has 2 aromatic carbocycles. The summed E-state index contributed by atoms with van der Waals surface area (Å²) in [6.45, 7) is 4.62. The Balaban J connectivity index is 0.889. The first-order valence-electron chi connectivity index (χ1n) is 17.5. The lowest BCUT2D eigenvalue weighted by Gasteiger charge is -2.39. The lowest BCUT2D eigenvalue weighted by molar-refractivity contribution is -0.136. The van der Waals surface area contributed by atoms with Crippen LogP contribution in [0.1, 0.15) is 92.1 Å². The van der Waals surface area contributed by atoms with E-state index in [-0.39, 0.29) is 41.2 Å². The summed E-state index contributed by atoms with van der Waals surface area (Å²) in [5.41, 5.74) is 6.86. The number of nitrogens with zero attached hydrogens (tertiary/aromatic N) is 3. The van der Waals surface area contributed by atoms with Gasteiger partial charge in [0.1, 0.15) is 11.9 Å². The Labute approximate surface area is 292 Å². The number of aromatic nitrogens is 1. The van der Waals surface area contributed by atoms with E-state index in [0.717, 1.165) is 65.5 Å². The molecule has 3 aromatic rings. The van der Waals surface area contributed by atoms with Crippen LogP contribution in [0.5, 0.6) is 0 Å². The van der Waals surface area contributed by atoms with Crippen LogP contribution in [0.2, 0.25) is 0 Å². The number of piperidine rings is 2. The van der Waals surface area contributed by atoms with E-state index in [1.807, 2.05) is 17.9 Å². The minimum atomic E-state index is -1.01. The molecule has 1 aliphatic carbocycles. The number of nitrogens with one attached hydrogen (secondary N) is 3. The van der Waals surface area contributed by atoms with Crippen LogP contribution in [-0.2, 0) is 20.8 Å². The second-order valence-corrected chi connectivity index (χ2v) is 14.6. The van der Waals surface area contributed by atoms with Crippen molar-refractivity contribution in [3.63, 3.8) is 0 Å². The molecular formula is C38H35FN6O6. The third-order valence-electron chi connectivity index (χ3n) is 11.8. The van der Waals surface area contributed by atoms with Crippen LogP contribution in [0.3, 0.4) is 0 Å². The van der Waals surface area contributed by atoms with E-state index < -0.39 is 35.5 Å². The molecule has 3 fully saturated rings. The number of anilines is 2. The summed E-state index contributed by atoms with van der Waals surface area (Å²) in [6, 6.07) is 8.51. The molecular weight excluding hydrogens is 655 g/mol. The van der Waals surface area contributed by atoms with Crippen molar-refractivity contribution in [1.82, 2.24) is 20.1 Å². The van der Waals surface area contributed by atoms with Gasteiger partial charge in [-0.15, -0.1) is 0 Å². The highest BCUT2D eigenvalue weighted by Gasteiger charge is 2.46. The maximum absolute atomic E-state index is 14.1. The van der Waals surface area contributed by atoms with Gasteiger partial charge in [-0.3, -0.25) is 39.0 Å². The van der Waals surface area contributed by atoms with Gasteiger partial charge in [0, 0.05) is 60.9 Å². The summed E-state index contributed by atoms with van der Waals surface area (Å²) in [5.74, 6) is -2.78. The number of rotatable bonds is 3. The number of imide groups is 2. The van der Waals surface area contributed by atoms with Gasteiger partial charge >= 0.3 is 0 Å². The number of H-pyrrole nitrogens is 1. The minimum absolute atomic E-state index is 0.000390. The molecule has 0 saturated carbocycles. The third-order valence-corrected chi connectivity index (χ3v) is 11.8. The molecule has 3 N–H and O–H groups in total. The van der Waals surface area contributed by atoms with E-state index in [2.05, 4.69) is 20.5 Å². The average molecular weight is 691 g/mol. The highest BCUT2D eigenvalue weighted by Crippen LogP contribution is 2.46. The van der Waals surface area contributed by atoms with Gasteiger partial charge in [0.15, 0.2) is 0 Å². The predicted octanol–water partition coefficient (Wildman–Crippen LogP) is 3.81. The molecule has 1 spiro atoms. The van der Waals surface area contributed by atoms with Crippen molar-refractivity contribution < 1.29 is 33.2 Å². The minimum Gasteiger partial charge on any atom is -0.371 e. The number of amides is 6. The Morgan fingerprint density at radius 3 is 2.41 bits per heavy atom. The molecule has 1 unspecified atom stereocenters. The zero-order valence-electron chi connectivity index (χ0n) is 28.0. The molecule has 6 aliphatic rings. The number of aryl methyl sites for hydroxylation is 1. The van der Waals surface area contributed by atoms with Gasteiger partial charge in [-0.05, 0) is 98.4 Å². The Bertz CT molecular complexity index is 2180. The van der Waals surface area contributed by atoms with E-state index in [4.69, 9.17) is 0 Å². The number of hydrogen-bond acceptors (Lipinski definition) is 7. The van der Waals surface area contributed by atoms with Crippen LogP contribution in [0.15, 0.2) is 36.4 Å². The van der Waals surface area contributed by atoms with Crippen molar-refractivity contribution in [2.45, 2.75) is 57.9 Å². The first-order chi connectivity index (χ1) is 24.5. The number of halogens is 1. The largest absolute Gasteiger partial charge is 0.371 e. The number of carbonyl (C=O) groups excluding carboxylic acids is 6. The molecule has 6 amide bonds. The maximum atomic E-state index is 14.1. The number of aromatic amines is 1. The fraction of sp³-hybridized carbons (Fsp3) is 0.368. The Morgan fingerprint density at radius 2 is 1.63 bits per heavy atom. The molecule has 1 aromatic heterocycles. The molecule has 6 heterocycles. The SMILES string of the molecule is Cc1[nH]c2c(c1C(=O)N1CCC3(CC1)CCN(c1ccc4c(c1)C(=O)N(C1CCC(=O)NC1=O)C4=O)C3)CC/C2=C1/C(=O)Nc2ccc(F)cc21. The van der Waals surface area contributed by atoms with Gasteiger partial charge in [-0.25, -0.2) is 4.39 Å². The molecule has 1 atom stereocenters. The predicted molar refractivity (Wildman–Crippen MR) is 183 cm³/mol. The molecule has 5 aliphatic heterocycles. The van der Waals surface area contributed by atoms with Crippen molar-refractivity contribution >= 4 is 58.0 Å². The van der Waals surface area contributed by atoms with Gasteiger partial charge in [0.05, 0.1) is 22.3 Å². The zero-order valence-corrected chi connectivity index (χ0v) is 28.0. The fourth-order valence-electron chi connectivity index (χ4n) is 9.10. The average Bonchev–Trinajstić information content (AvgIpc) is 3.90. The van der Waals surface area contributed by atoms with Crippen LogP contribution in [0.4, 0.5) is 15.8 Å². The normalized spacial score (nSPS) is 23.6. The van der Waals surface area contributed by atoms with Crippen LogP contribution in [-0.4, -0.2) is 82.4 Å². The second kappa shape index (κ2) is 11.2. The molecule has 260 valence electrons. The molecule has 3 saturated heterocycles. The van der Waals surface area contributed by atoms with E-state index in [1.54, 1.807) is 18.2 Å². The van der Waals surface area contributed by atoms with Crippen LogP contribution in [0, 0.1) is 18.2 Å². The zero-order chi connectivity index (χ0) is 35.3. The van der Waals surface area contributed by atoms with Gasteiger partial charge in [-0.2, -0.15) is 0 Å². The van der Waals surface area contributed by atoms with Crippen molar-refractivity contribution in [2.24, 2.45) is 5.41 Å². The topological polar surface area (TPSA) is 152 Å². The molecule has 9 rings (SSSR count). The number of carbonyl (C=O) groups is 6. The summed E-state index contributed by atoms with van der Waals surface area (Å²) < 4.78 is 14.1. The van der Waals surface area contributed by atoms with E-state index in [0.29, 0.717) is 48.3 Å². The summed E-state index contributed by atoms with van der Waals surface area (Å²) >= 11 is 0. The quantitative estimate of drug-likeness (QED) is 0.279. The monoisotopic (exact) mass is 690 g/mol. The number of allylic oxidation sites excluding steroid dienone is 1. The standard InChI is InChI=1S/C38H35FN6O6/c1-19-30(23-5-6-24(32(23)40-19)31-26-16-20(39)2-7-27(26)41-34(31)48)37(51)43-13-10-38(11-14-43)12-15-44(18-38)21-3-4-22-25(17-21)36(50)45(35(22)49)28-8-9-29(46)42-33(28)47/h2-4,7,16-17,28,40H,5-6,8-15,18H2,1H3,(H,41,48)(H,42,46,47)/b31-24-. The maximum Gasteiger partial charge on any atom is 0.262 e. The summed E-state index contributed by atoms with van der Waals surface area (Å²) in [4.78, 5) is 86.2. The second-order valence-electron chi connectivity index (χ2n) is 14.6.